The lowest BCUT2D eigenvalue weighted by molar-refractivity contribution is 0.0998. The number of aromatic nitrogens is 1. The van der Waals surface area contributed by atoms with Crippen molar-refractivity contribution < 1.29 is 13.2 Å². The number of nitrogens with zero attached hydrogens (tertiary/aromatic N) is 3. The molecule has 4 rings (SSSR count). The summed E-state index contributed by atoms with van der Waals surface area (Å²) in [4.78, 5) is 18.0. The monoisotopic (exact) mass is 471 g/mol. The number of aryl methyl sites for hydroxylation is 3. The quantitative estimate of drug-likeness (QED) is 0.560. The molecule has 3 aromatic rings. The molecule has 0 N–H and O–H groups in total. The average molecular weight is 472 g/mol. The maximum Gasteiger partial charge on any atom is 0.279 e. The largest absolute Gasteiger partial charge is 0.319 e. The Labute approximate surface area is 193 Å². The van der Waals surface area contributed by atoms with Crippen LogP contribution in [-0.4, -0.2) is 36.3 Å². The van der Waals surface area contributed by atoms with Crippen LogP contribution in [0.15, 0.2) is 46.3 Å². The molecule has 32 heavy (non-hydrogen) atoms. The highest BCUT2D eigenvalue weighted by molar-refractivity contribution is 7.89. The fraction of sp³-hybridized carbons (Fsp3) is 0.417. The van der Waals surface area contributed by atoms with Gasteiger partial charge in [0.25, 0.3) is 5.91 Å². The predicted molar refractivity (Wildman–Crippen MR) is 128 cm³/mol. The van der Waals surface area contributed by atoms with Gasteiger partial charge in [0.1, 0.15) is 0 Å². The molecule has 0 aliphatic heterocycles. The minimum Gasteiger partial charge on any atom is -0.319 e. The van der Waals surface area contributed by atoms with Gasteiger partial charge < -0.3 is 4.57 Å². The molecule has 8 heteroatoms. The second-order valence-electron chi connectivity index (χ2n) is 8.63. The molecule has 0 saturated heterocycles. The van der Waals surface area contributed by atoms with Crippen molar-refractivity contribution in [2.75, 3.05) is 7.05 Å². The van der Waals surface area contributed by atoms with Crippen molar-refractivity contribution in [2.45, 2.75) is 56.9 Å². The Morgan fingerprint density at radius 3 is 2.41 bits per heavy atom. The van der Waals surface area contributed by atoms with Crippen LogP contribution in [0.4, 0.5) is 0 Å². The fourth-order valence-corrected chi connectivity index (χ4v) is 6.89. The number of hydrogen-bond donors (Lipinski definition) is 0. The smallest absolute Gasteiger partial charge is 0.279 e. The number of fused-ring (bicyclic) bond motifs is 1. The van der Waals surface area contributed by atoms with Gasteiger partial charge in [-0.2, -0.15) is 9.30 Å². The van der Waals surface area contributed by atoms with Crippen LogP contribution in [-0.2, 0) is 17.1 Å². The summed E-state index contributed by atoms with van der Waals surface area (Å²) in [6.45, 7) is 4.11. The third-order valence-electron chi connectivity index (χ3n) is 6.31. The molecule has 1 aromatic heterocycles. The first-order valence-electron chi connectivity index (χ1n) is 10.9. The van der Waals surface area contributed by atoms with Gasteiger partial charge in [0.2, 0.25) is 10.0 Å². The molecule has 170 valence electrons. The van der Waals surface area contributed by atoms with Crippen LogP contribution in [0.25, 0.3) is 10.2 Å². The number of carbonyl (C=O) groups excluding carboxylic acids is 1. The van der Waals surface area contributed by atoms with E-state index in [1.165, 1.54) is 34.2 Å². The van der Waals surface area contributed by atoms with E-state index in [2.05, 4.69) is 24.0 Å². The highest BCUT2D eigenvalue weighted by atomic mass is 32.2. The molecule has 0 bridgehead atoms. The molecule has 0 atom stereocenters. The zero-order valence-electron chi connectivity index (χ0n) is 19.0. The van der Waals surface area contributed by atoms with Crippen molar-refractivity contribution in [1.29, 1.82) is 0 Å². The predicted octanol–water partition coefficient (Wildman–Crippen LogP) is 4.55. The topological polar surface area (TPSA) is 71.7 Å². The van der Waals surface area contributed by atoms with Gasteiger partial charge in [-0.05, 0) is 68.1 Å². The molecule has 1 fully saturated rings. The van der Waals surface area contributed by atoms with Crippen LogP contribution in [0, 0.1) is 13.8 Å². The number of hydrogen-bond acceptors (Lipinski definition) is 4. The van der Waals surface area contributed by atoms with Crippen LogP contribution in [0.3, 0.4) is 0 Å². The third-order valence-corrected chi connectivity index (χ3v) is 9.51. The highest BCUT2D eigenvalue weighted by Crippen LogP contribution is 2.27. The molecule has 1 heterocycles. The van der Waals surface area contributed by atoms with Crippen LogP contribution in [0.2, 0.25) is 0 Å². The Kier molecular flexibility index (Phi) is 6.38. The fourth-order valence-electron chi connectivity index (χ4n) is 4.40. The van der Waals surface area contributed by atoms with Crippen molar-refractivity contribution >= 4 is 37.5 Å². The Bertz CT molecular complexity index is 1330. The molecule has 0 radical (unpaired) electrons. The van der Waals surface area contributed by atoms with E-state index in [-0.39, 0.29) is 16.8 Å². The number of carbonyl (C=O) groups is 1. The van der Waals surface area contributed by atoms with Crippen LogP contribution in [0.5, 0.6) is 0 Å². The third kappa shape index (κ3) is 4.31. The molecule has 0 unspecified atom stereocenters. The summed E-state index contributed by atoms with van der Waals surface area (Å²) in [5.74, 6) is -0.383. The summed E-state index contributed by atoms with van der Waals surface area (Å²) in [5, 5.41) is 0. The Balaban J connectivity index is 1.61. The lowest BCUT2D eigenvalue weighted by Crippen LogP contribution is -2.38. The van der Waals surface area contributed by atoms with Crippen molar-refractivity contribution in [3.8, 4) is 0 Å². The molecule has 1 aliphatic carbocycles. The van der Waals surface area contributed by atoms with E-state index in [9.17, 15) is 13.2 Å². The maximum atomic E-state index is 13.0. The Morgan fingerprint density at radius 1 is 1.09 bits per heavy atom. The van der Waals surface area contributed by atoms with Crippen LogP contribution >= 0.6 is 11.3 Å². The highest BCUT2D eigenvalue weighted by Gasteiger charge is 2.29. The lowest BCUT2D eigenvalue weighted by Gasteiger charge is -2.30. The van der Waals surface area contributed by atoms with Gasteiger partial charge in [-0.1, -0.05) is 36.7 Å². The zero-order valence-corrected chi connectivity index (χ0v) is 20.6. The standard InChI is InChI=1S/C24H29N3O3S2/c1-16-14-17(2)22-21(15-16)26(3)24(31-22)25-23(28)18-10-12-20(13-11-18)32(29,30)27(4)19-8-6-5-7-9-19/h10-15,19H,5-9H2,1-4H3. The SMILES string of the molecule is Cc1cc(C)c2sc(=NC(=O)c3ccc(S(=O)(=O)N(C)C4CCCCC4)cc3)n(C)c2c1. The Morgan fingerprint density at radius 2 is 1.75 bits per heavy atom. The minimum atomic E-state index is -3.58. The van der Waals surface area contributed by atoms with Gasteiger partial charge in [-0.3, -0.25) is 4.79 Å². The molecule has 6 nitrogen and oxygen atoms in total. The normalized spacial score (nSPS) is 16.2. The summed E-state index contributed by atoms with van der Waals surface area (Å²) in [6, 6.07) is 10.4. The lowest BCUT2D eigenvalue weighted by atomic mass is 9.96. The van der Waals surface area contributed by atoms with Gasteiger partial charge >= 0.3 is 0 Å². The summed E-state index contributed by atoms with van der Waals surface area (Å²) < 4.78 is 30.6. The van der Waals surface area contributed by atoms with Crippen LogP contribution in [0.1, 0.15) is 53.6 Å². The van der Waals surface area contributed by atoms with Crippen molar-refractivity contribution in [2.24, 2.45) is 12.0 Å². The number of amides is 1. The van der Waals surface area contributed by atoms with E-state index in [1.54, 1.807) is 19.2 Å². The molecule has 2 aromatic carbocycles. The molecule has 1 aliphatic rings. The van der Waals surface area contributed by atoms with E-state index in [0.717, 1.165) is 47.0 Å². The second-order valence-corrected chi connectivity index (χ2v) is 11.6. The number of benzene rings is 2. The molecular formula is C24H29N3O3S2. The van der Waals surface area contributed by atoms with Gasteiger partial charge in [0.15, 0.2) is 4.80 Å². The summed E-state index contributed by atoms with van der Waals surface area (Å²) >= 11 is 1.48. The molecular weight excluding hydrogens is 442 g/mol. The van der Waals surface area contributed by atoms with Crippen molar-refractivity contribution in [3.63, 3.8) is 0 Å². The first kappa shape index (κ1) is 22.9. The zero-order chi connectivity index (χ0) is 23.0. The first-order chi connectivity index (χ1) is 15.2. The van der Waals surface area contributed by atoms with Gasteiger partial charge in [-0.25, -0.2) is 8.42 Å². The van der Waals surface area contributed by atoms with E-state index in [1.807, 2.05) is 18.5 Å². The van der Waals surface area contributed by atoms with Crippen molar-refractivity contribution in [3.05, 3.63) is 57.9 Å². The molecule has 0 spiro atoms. The second kappa shape index (κ2) is 8.92. The molecule has 1 saturated carbocycles. The van der Waals surface area contributed by atoms with Crippen molar-refractivity contribution in [1.82, 2.24) is 8.87 Å². The number of thiazole rings is 1. The average Bonchev–Trinajstić information content (AvgIpc) is 3.09. The molecule has 1 amide bonds. The van der Waals surface area contributed by atoms with Gasteiger partial charge in [-0.15, -0.1) is 0 Å². The Hall–Kier alpha value is -2.29. The minimum absolute atomic E-state index is 0.0464. The number of rotatable bonds is 4. The summed E-state index contributed by atoms with van der Waals surface area (Å²) in [7, 11) is -0.0225. The van der Waals surface area contributed by atoms with Crippen LogP contribution < -0.4 is 4.80 Å². The van der Waals surface area contributed by atoms with Gasteiger partial charge in [0.05, 0.1) is 15.1 Å². The first-order valence-corrected chi connectivity index (χ1v) is 13.2. The van der Waals surface area contributed by atoms with E-state index >= 15 is 0 Å². The van der Waals surface area contributed by atoms with E-state index in [0.29, 0.717) is 10.4 Å². The van der Waals surface area contributed by atoms with E-state index < -0.39 is 10.0 Å². The van der Waals surface area contributed by atoms with Gasteiger partial charge in [0, 0.05) is 25.7 Å². The summed E-state index contributed by atoms with van der Waals surface area (Å²) in [5.41, 5.74) is 3.74. The number of sulfonamides is 1. The van der Waals surface area contributed by atoms with E-state index in [4.69, 9.17) is 0 Å². The summed E-state index contributed by atoms with van der Waals surface area (Å²) in [6.07, 6.45) is 5.09. The maximum absolute atomic E-state index is 13.0.